The van der Waals surface area contributed by atoms with Crippen LogP contribution in [0.3, 0.4) is 0 Å². The number of amides is 1. The van der Waals surface area contributed by atoms with Crippen molar-refractivity contribution >= 4 is 11.8 Å². The van der Waals surface area contributed by atoms with Crippen molar-refractivity contribution in [2.45, 2.75) is 45.2 Å². The second-order valence-electron chi connectivity index (χ2n) is 7.39. The van der Waals surface area contributed by atoms with Gasteiger partial charge in [-0.3, -0.25) is 9.80 Å². The standard InChI is InChI=1S/C22H34N4O2/c1-6-22(13-14-25(5)20(24-7-2)15-17(4)23)16-26(21(27)28-8-3)19-12-10-9-11-18(19)22/h7,9-12,15,20,24H,2,6,8,13-14,16,23H2,1,3-5H3/b17-15+. The summed E-state index contributed by atoms with van der Waals surface area (Å²) in [4.78, 5) is 16.5. The van der Waals surface area contributed by atoms with Crippen LogP contribution in [0.2, 0.25) is 0 Å². The van der Waals surface area contributed by atoms with Crippen LogP contribution in [0.15, 0.2) is 48.8 Å². The fraction of sp³-hybridized carbons (Fsp3) is 0.500. The largest absolute Gasteiger partial charge is 0.449 e. The Bertz CT molecular complexity index is 714. The molecule has 154 valence electrons. The number of carbonyl (C=O) groups is 1. The van der Waals surface area contributed by atoms with Crippen LogP contribution in [0.4, 0.5) is 10.5 Å². The average Bonchev–Trinajstić information content (AvgIpc) is 3.01. The van der Waals surface area contributed by atoms with Gasteiger partial charge in [0.2, 0.25) is 0 Å². The Balaban J connectivity index is 2.23. The molecule has 2 unspecified atom stereocenters. The lowest BCUT2D eigenvalue weighted by molar-refractivity contribution is 0.158. The molecule has 6 nitrogen and oxygen atoms in total. The third-order valence-corrected chi connectivity index (χ3v) is 5.52. The summed E-state index contributed by atoms with van der Waals surface area (Å²) in [5.74, 6) is 0. The van der Waals surface area contributed by atoms with E-state index in [1.165, 1.54) is 5.56 Å². The molecule has 1 aliphatic rings. The molecule has 0 aromatic heterocycles. The lowest BCUT2D eigenvalue weighted by Gasteiger charge is -2.33. The van der Waals surface area contributed by atoms with Crippen molar-refractivity contribution in [3.05, 3.63) is 54.4 Å². The van der Waals surface area contributed by atoms with Crippen LogP contribution in [0.5, 0.6) is 0 Å². The molecule has 1 aromatic carbocycles. The Labute approximate surface area is 169 Å². The van der Waals surface area contributed by atoms with Gasteiger partial charge < -0.3 is 15.8 Å². The summed E-state index contributed by atoms with van der Waals surface area (Å²) >= 11 is 0. The summed E-state index contributed by atoms with van der Waals surface area (Å²) in [6.07, 6.45) is 5.23. The number of nitrogens with zero attached hydrogens (tertiary/aromatic N) is 2. The number of nitrogens with one attached hydrogen (secondary N) is 1. The van der Waals surface area contributed by atoms with Crippen molar-refractivity contribution in [1.82, 2.24) is 10.2 Å². The molecule has 1 aliphatic heterocycles. The highest BCUT2D eigenvalue weighted by atomic mass is 16.6. The number of hydrogen-bond donors (Lipinski definition) is 2. The number of benzene rings is 1. The van der Waals surface area contributed by atoms with E-state index in [1.807, 2.05) is 38.1 Å². The zero-order valence-corrected chi connectivity index (χ0v) is 17.6. The van der Waals surface area contributed by atoms with Gasteiger partial charge in [0.05, 0.1) is 18.5 Å². The van der Waals surface area contributed by atoms with Crippen molar-refractivity contribution in [2.24, 2.45) is 5.73 Å². The first-order valence-electron chi connectivity index (χ1n) is 9.93. The molecule has 3 N–H and O–H groups in total. The van der Waals surface area contributed by atoms with Crippen LogP contribution < -0.4 is 16.0 Å². The Kier molecular flexibility index (Phi) is 7.52. The molecule has 1 aromatic rings. The van der Waals surface area contributed by atoms with Crippen molar-refractivity contribution in [1.29, 1.82) is 0 Å². The zero-order chi connectivity index (χ0) is 20.7. The molecule has 0 spiro atoms. The molecule has 1 amide bonds. The maximum atomic E-state index is 12.5. The van der Waals surface area contributed by atoms with Crippen molar-refractivity contribution in [2.75, 3.05) is 31.6 Å². The number of para-hydroxylation sites is 1. The smallest absolute Gasteiger partial charge is 0.414 e. The average molecular weight is 387 g/mol. The van der Waals surface area contributed by atoms with Gasteiger partial charge in [-0.05, 0) is 57.6 Å². The fourth-order valence-corrected chi connectivity index (χ4v) is 3.89. The summed E-state index contributed by atoms with van der Waals surface area (Å²) in [5.41, 5.74) is 8.72. The summed E-state index contributed by atoms with van der Waals surface area (Å²) in [6.45, 7) is 11.5. The van der Waals surface area contributed by atoms with Gasteiger partial charge >= 0.3 is 6.09 Å². The Hall–Kier alpha value is -2.47. The monoisotopic (exact) mass is 386 g/mol. The maximum absolute atomic E-state index is 12.5. The van der Waals surface area contributed by atoms with Crippen LogP contribution in [0.1, 0.15) is 39.2 Å². The highest BCUT2D eigenvalue weighted by molar-refractivity contribution is 5.91. The Morgan fingerprint density at radius 1 is 1.46 bits per heavy atom. The minimum Gasteiger partial charge on any atom is -0.449 e. The fourth-order valence-electron chi connectivity index (χ4n) is 3.89. The molecule has 0 fully saturated rings. The summed E-state index contributed by atoms with van der Waals surface area (Å²) in [7, 11) is 2.06. The Morgan fingerprint density at radius 3 is 2.79 bits per heavy atom. The van der Waals surface area contributed by atoms with Gasteiger partial charge in [0.15, 0.2) is 0 Å². The number of likely N-dealkylation sites (N-methyl/N-ethyl adjacent to an activating group) is 1. The molecular formula is C22H34N4O2. The molecule has 6 heteroatoms. The molecule has 0 radical (unpaired) electrons. The number of hydrogen-bond acceptors (Lipinski definition) is 5. The highest BCUT2D eigenvalue weighted by Crippen LogP contribution is 2.45. The van der Waals surface area contributed by atoms with E-state index in [4.69, 9.17) is 10.5 Å². The third kappa shape index (κ3) is 4.68. The van der Waals surface area contributed by atoms with E-state index in [2.05, 4.69) is 36.8 Å². The topological polar surface area (TPSA) is 70.8 Å². The molecule has 28 heavy (non-hydrogen) atoms. The summed E-state index contributed by atoms with van der Waals surface area (Å²) in [5, 5.41) is 3.23. The molecule has 0 aliphatic carbocycles. The van der Waals surface area contributed by atoms with Crippen molar-refractivity contribution in [3.8, 4) is 0 Å². The first-order valence-corrected chi connectivity index (χ1v) is 9.93. The number of carbonyl (C=O) groups excluding carboxylic acids is 1. The van der Waals surface area contributed by atoms with E-state index >= 15 is 0 Å². The van der Waals surface area contributed by atoms with Gasteiger partial charge in [-0.15, -0.1) is 0 Å². The quantitative estimate of drug-likeness (QED) is 0.635. The molecular weight excluding hydrogens is 352 g/mol. The van der Waals surface area contributed by atoms with E-state index in [0.717, 1.165) is 30.8 Å². The number of fused-ring (bicyclic) bond motifs is 1. The van der Waals surface area contributed by atoms with Crippen LogP contribution in [0.25, 0.3) is 0 Å². The number of nitrogens with two attached hydrogens (primary N) is 1. The van der Waals surface area contributed by atoms with Crippen molar-refractivity contribution in [3.63, 3.8) is 0 Å². The highest BCUT2D eigenvalue weighted by Gasteiger charge is 2.43. The van der Waals surface area contributed by atoms with Gasteiger partial charge in [-0.1, -0.05) is 31.7 Å². The van der Waals surface area contributed by atoms with E-state index < -0.39 is 0 Å². The first-order chi connectivity index (χ1) is 13.4. The first kappa shape index (κ1) is 21.8. The zero-order valence-electron chi connectivity index (χ0n) is 17.6. The second kappa shape index (κ2) is 9.64. The molecule has 0 saturated heterocycles. The normalized spacial score (nSPS) is 20.0. The van der Waals surface area contributed by atoms with Crippen LogP contribution >= 0.6 is 0 Å². The molecule has 0 saturated carbocycles. The summed E-state index contributed by atoms with van der Waals surface area (Å²) in [6, 6.07) is 8.17. The number of rotatable bonds is 9. The number of anilines is 1. The van der Waals surface area contributed by atoms with Crippen LogP contribution in [0, 0.1) is 0 Å². The van der Waals surface area contributed by atoms with Gasteiger partial charge in [-0.2, -0.15) is 0 Å². The van der Waals surface area contributed by atoms with Crippen LogP contribution in [-0.2, 0) is 10.2 Å². The molecule has 1 heterocycles. The molecule has 2 atom stereocenters. The SMILES string of the molecule is C=CNC(/C=C(\C)N)N(C)CCC1(CC)CN(C(=O)OCC)c2ccccc21. The third-order valence-electron chi connectivity index (χ3n) is 5.52. The molecule has 2 rings (SSSR count). The van der Waals surface area contributed by atoms with Crippen molar-refractivity contribution < 1.29 is 9.53 Å². The Morgan fingerprint density at radius 2 is 2.18 bits per heavy atom. The van der Waals surface area contributed by atoms with E-state index in [1.54, 1.807) is 11.1 Å². The number of ether oxygens (including phenoxy) is 1. The summed E-state index contributed by atoms with van der Waals surface area (Å²) < 4.78 is 5.29. The van der Waals surface area contributed by atoms with Crippen LogP contribution in [-0.4, -0.2) is 43.9 Å². The maximum Gasteiger partial charge on any atom is 0.414 e. The van der Waals surface area contributed by atoms with E-state index in [-0.39, 0.29) is 17.7 Å². The van der Waals surface area contributed by atoms with E-state index in [9.17, 15) is 4.79 Å². The van der Waals surface area contributed by atoms with Gasteiger partial charge in [0.1, 0.15) is 0 Å². The lowest BCUT2D eigenvalue weighted by Crippen LogP contribution is -2.44. The number of allylic oxidation sites excluding steroid dienone is 1. The van der Waals surface area contributed by atoms with Gasteiger partial charge in [-0.25, -0.2) is 4.79 Å². The predicted molar refractivity (Wildman–Crippen MR) is 115 cm³/mol. The van der Waals surface area contributed by atoms with Gasteiger partial charge in [0.25, 0.3) is 0 Å². The minimum absolute atomic E-state index is 0.0192. The predicted octanol–water partition coefficient (Wildman–Crippen LogP) is 3.55. The van der Waals surface area contributed by atoms with Gasteiger partial charge in [0, 0.05) is 24.2 Å². The lowest BCUT2D eigenvalue weighted by atomic mass is 9.77. The molecule has 0 bridgehead atoms. The minimum atomic E-state index is -0.272. The second-order valence-corrected chi connectivity index (χ2v) is 7.39. The van der Waals surface area contributed by atoms with E-state index in [0.29, 0.717) is 13.2 Å².